The fraction of sp³-hybridized carbons (Fsp3) is 0.718. The van der Waals surface area contributed by atoms with E-state index in [9.17, 15) is 19.0 Å². The average Bonchev–Trinajstić information content (AvgIpc) is 3.53. The predicted octanol–water partition coefficient (Wildman–Crippen LogP) is 22.8. The highest BCUT2D eigenvalue weighted by molar-refractivity contribution is 7.45. The normalized spacial score (nSPS) is 14.2. The van der Waals surface area contributed by atoms with Gasteiger partial charge in [-0.15, -0.1) is 0 Å². The van der Waals surface area contributed by atoms with Crippen LogP contribution in [-0.4, -0.2) is 69.4 Å². The Kier molecular flexibility index (Phi) is 63.6. The lowest BCUT2D eigenvalue weighted by Gasteiger charge is -2.30. The van der Waals surface area contributed by atoms with E-state index in [2.05, 4.69) is 135 Å². The van der Waals surface area contributed by atoms with Gasteiger partial charge >= 0.3 is 5.97 Å². The molecule has 88 heavy (non-hydrogen) atoms. The number of carbonyl (C=O) groups excluding carboxylic acids is 2. The van der Waals surface area contributed by atoms with Gasteiger partial charge in [0.2, 0.25) is 5.91 Å². The summed E-state index contributed by atoms with van der Waals surface area (Å²) in [4.78, 5) is 40.2. The van der Waals surface area contributed by atoms with Gasteiger partial charge in [-0.1, -0.05) is 297 Å². The van der Waals surface area contributed by atoms with Gasteiger partial charge in [0.1, 0.15) is 19.3 Å². The highest BCUT2D eigenvalue weighted by Gasteiger charge is 2.27. The van der Waals surface area contributed by atoms with E-state index in [1.54, 1.807) is 0 Å². The molecule has 0 aliphatic carbocycles. The van der Waals surface area contributed by atoms with Crippen molar-refractivity contribution in [1.29, 1.82) is 0 Å². The van der Waals surface area contributed by atoms with Gasteiger partial charge in [0, 0.05) is 12.8 Å². The molecule has 1 amide bonds. The first-order chi connectivity index (χ1) is 42.9. The Balaban J connectivity index is 5.09. The molecule has 3 atom stereocenters. The highest BCUT2D eigenvalue weighted by atomic mass is 31.2. The number of unbranched alkanes of at least 4 members (excludes halogenated alkanes) is 31. The Morgan fingerprint density at radius 1 is 0.409 bits per heavy atom. The number of quaternary nitrogens is 1. The molecule has 0 fully saturated rings. The van der Waals surface area contributed by atoms with E-state index >= 15 is 0 Å². The van der Waals surface area contributed by atoms with Gasteiger partial charge in [0.15, 0.2) is 0 Å². The zero-order chi connectivity index (χ0) is 64.2. The summed E-state index contributed by atoms with van der Waals surface area (Å²) in [5.41, 5.74) is 0. The zero-order valence-corrected chi connectivity index (χ0v) is 58.8. The number of ether oxygens (including phenoxy) is 1. The van der Waals surface area contributed by atoms with Crippen LogP contribution in [0.2, 0.25) is 0 Å². The van der Waals surface area contributed by atoms with Crippen LogP contribution in [0.5, 0.6) is 0 Å². The average molecular weight is 1250 g/mol. The van der Waals surface area contributed by atoms with Crippen LogP contribution in [0, 0.1) is 0 Å². The molecule has 506 valence electrons. The SMILES string of the molecule is CC/C=C\C/C=C\C/C=C\C/C=C\C/C=C\C/C=C\CCCCCCC(=O)NC(COP(=O)([O-])OCC[N+](C)(C)C)C(/C=C/CCCCCCCCCCCC)OC(=O)CCCCCCCCCCCCCCCC/C=C\C/C=C\C/C=C\CCCCC. The predicted molar refractivity (Wildman–Crippen MR) is 380 cm³/mol. The standard InChI is InChI=1S/C78H137N2O7P/c1-7-10-13-16-19-22-25-28-30-32-34-36-38-39-40-41-43-45-47-49-51-53-56-59-62-65-68-71-78(82)87-76(69-66-63-60-57-54-27-24-21-18-15-12-9-3)75(74-86-88(83,84)85-73-72-80(4,5)6)79-77(81)70-67-64-61-58-55-52-50-48-46-44-42-37-35-33-31-29-26-23-20-17-14-11-8-2/h11,14,19-20,22-23,28-31,34-37,44,46,50,52,66,69,75-76H,7-10,12-13,15-18,21,24-27,32-33,38-43,45,47-49,51,53-65,67-68,70-74H2,1-6H3,(H-,79,81,83,84)/b14-11-,22-19-,23-20-,30-28-,31-29-,36-34-,37-35-,46-44-,52-50-,69-66+. The smallest absolute Gasteiger partial charge is 0.306 e. The maximum absolute atomic E-state index is 13.6. The minimum absolute atomic E-state index is 0.0331. The lowest BCUT2D eigenvalue weighted by molar-refractivity contribution is -0.870. The number of nitrogens with zero attached hydrogens (tertiary/aromatic N) is 1. The summed E-state index contributed by atoms with van der Waals surface area (Å²) in [6.07, 6.45) is 93.2. The Morgan fingerprint density at radius 2 is 0.727 bits per heavy atom. The molecule has 0 rings (SSSR count). The third-order valence-corrected chi connectivity index (χ3v) is 16.6. The van der Waals surface area contributed by atoms with Crippen molar-refractivity contribution in [3.63, 3.8) is 0 Å². The number of hydrogen-bond donors (Lipinski definition) is 1. The molecule has 1 N–H and O–H groups in total. The van der Waals surface area contributed by atoms with Crippen LogP contribution in [0.4, 0.5) is 0 Å². The fourth-order valence-electron chi connectivity index (χ4n) is 10.1. The zero-order valence-electron chi connectivity index (χ0n) is 57.9. The summed E-state index contributed by atoms with van der Waals surface area (Å²) in [5, 5.41) is 3.03. The molecule has 0 aromatic heterocycles. The fourth-order valence-corrected chi connectivity index (χ4v) is 10.8. The van der Waals surface area contributed by atoms with E-state index in [-0.39, 0.29) is 31.3 Å². The van der Waals surface area contributed by atoms with Crippen molar-refractivity contribution in [2.75, 3.05) is 40.9 Å². The van der Waals surface area contributed by atoms with Crippen molar-refractivity contribution < 1.29 is 37.3 Å². The molecule has 3 unspecified atom stereocenters. The van der Waals surface area contributed by atoms with Crippen molar-refractivity contribution >= 4 is 19.7 Å². The van der Waals surface area contributed by atoms with E-state index in [1.807, 2.05) is 33.3 Å². The van der Waals surface area contributed by atoms with Crippen molar-refractivity contribution in [3.8, 4) is 0 Å². The summed E-state index contributed by atoms with van der Waals surface area (Å²) in [7, 11) is 1.16. The number of rotatable bonds is 65. The van der Waals surface area contributed by atoms with Crippen LogP contribution >= 0.6 is 7.82 Å². The number of esters is 1. The summed E-state index contributed by atoms with van der Waals surface area (Å²) in [6.45, 7) is 6.69. The van der Waals surface area contributed by atoms with Crippen molar-refractivity contribution in [3.05, 3.63) is 122 Å². The molecule has 0 spiro atoms. The number of amides is 1. The second kappa shape index (κ2) is 66.3. The summed E-state index contributed by atoms with van der Waals surface area (Å²) < 4.78 is 30.4. The number of phosphoric acid groups is 1. The number of nitrogens with one attached hydrogen (secondary N) is 1. The molecule has 0 saturated carbocycles. The largest absolute Gasteiger partial charge is 0.756 e. The van der Waals surface area contributed by atoms with E-state index in [1.165, 1.54) is 154 Å². The molecule has 0 aliphatic heterocycles. The Morgan fingerprint density at radius 3 is 1.11 bits per heavy atom. The summed E-state index contributed by atoms with van der Waals surface area (Å²) in [6, 6.07) is -0.911. The van der Waals surface area contributed by atoms with Crippen molar-refractivity contribution in [2.45, 2.75) is 322 Å². The van der Waals surface area contributed by atoms with Gasteiger partial charge in [-0.25, -0.2) is 0 Å². The highest BCUT2D eigenvalue weighted by Crippen LogP contribution is 2.38. The van der Waals surface area contributed by atoms with Gasteiger partial charge < -0.3 is 28.5 Å². The van der Waals surface area contributed by atoms with Gasteiger partial charge in [0.05, 0.1) is 33.8 Å². The molecule has 10 heteroatoms. The lowest BCUT2D eigenvalue weighted by atomic mass is 10.0. The monoisotopic (exact) mass is 1250 g/mol. The number of hydrogen-bond acceptors (Lipinski definition) is 7. The van der Waals surface area contributed by atoms with Gasteiger partial charge in [-0.2, -0.15) is 0 Å². The van der Waals surface area contributed by atoms with Crippen LogP contribution in [0.1, 0.15) is 310 Å². The first kappa shape index (κ1) is 84.4. The Hall–Kier alpha value is -3.59. The number of phosphoric ester groups is 1. The molecule has 0 bridgehead atoms. The number of carbonyl (C=O) groups is 2. The number of allylic oxidation sites excluding steroid dienone is 19. The second-order valence-corrected chi connectivity index (χ2v) is 26.8. The van der Waals surface area contributed by atoms with E-state index < -0.39 is 26.6 Å². The van der Waals surface area contributed by atoms with Crippen LogP contribution < -0.4 is 10.2 Å². The van der Waals surface area contributed by atoms with E-state index in [4.69, 9.17) is 13.8 Å². The second-order valence-electron chi connectivity index (χ2n) is 25.4. The molecule has 9 nitrogen and oxygen atoms in total. The molecule has 0 heterocycles. The number of likely N-dealkylation sites (N-methyl/N-ethyl adjacent to an activating group) is 1. The Labute approximate surface area is 543 Å². The van der Waals surface area contributed by atoms with Gasteiger partial charge in [0.25, 0.3) is 7.82 Å². The van der Waals surface area contributed by atoms with Crippen LogP contribution in [0.15, 0.2) is 122 Å². The Bertz CT molecular complexity index is 1920. The first-order valence-corrected chi connectivity index (χ1v) is 37.8. The minimum atomic E-state index is -4.72. The molecular formula is C78H137N2O7P. The van der Waals surface area contributed by atoms with Crippen LogP contribution in [0.3, 0.4) is 0 Å². The lowest BCUT2D eigenvalue weighted by Crippen LogP contribution is -2.47. The third-order valence-electron chi connectivity index (χ3n) is 15.6. The van der Waals surface area contributed by atoms with Gasteiger partial charge in [-0.3, -0.25) is 14.2 Å². The summed E-state index contributed by atoms with van der Waals surface area (Å²) in [5.74, 6) is -0.571. The molecule has 0 saturated heterocycles. The topological polar surface area (TPSA) is 114 Å². The molecule has 0 aromatic rings. The van der Waals surface area contributed by atoms with Crippen LogP contribution in [0.25, 0.3) is 0 Å². The van der Waals surface area contributed by atoms with Crippen LogP contribution in [-0.2, 0) is 27.9 Å². The molecule has 0 radical (unpaired) electrons. The third kappa shape index (κ3) is 66.8. The van der Waals surface area contributed by atoms with Crippen molar-refractivity contribution in [1.82, 2.24) is 5.32 Å². The maximum Gasteiger partial charge on any atom is 0.306 e. The minimum Gasteiger partial charge on any atom is -0.756 e. The first-order valence-electron chi connectivity index (χ1n) is 36.3. The maximum atomic E-state index is 13.6. The summed E-state index contributed by atoms with van der Waals surface area (Å²) >= 11 is 0. The van der Waals surface area contributed by atoms with E-state index in [0.717, 1.165) is 116 Å². The molecule has 0 aromatic carbocycles. The molecule has 0 aliphatic rings. The quantitative estimate of drug-likeness (QED) is 0.0212. The van der Waals surface area contributed by atoms with Crippen molar-refractivity contribution in [2.24, 2.45) is 0 Å². The van der Waals surface area contributed by atoms with Gasteiger partial charge in [-0.05, 0) is 122 Å². The van der Waals surface area contributed by atoms with E-state index in [0.29, 0.717) is 17.4 Å². The molecular weight excluding hydrogens is 1110 g/mol.